The van der Waals surface area contributed by atoms with Crippen molar-refractivity contribution < 1.29 is 33.4 Å². The van der Waals surface area contributed by atoms with Crippen LogP contribution in [0.5, 0.6) is 0 Å². The Labute approximate surface area is 159 Å². The van der Waals surface area contributed by atoms with Gasteiger partial charge in [0.15, 0.2) is 5.60 Å². The van der Waals surface area contributed by atoms with Gasteiger partial charge in [0.2, 0.25) is 0 Å². The summed E-state index contributed by atoms with van der Waals surface area (Å²) in [7, 11) is 1.54. The van der Waals surface area contributed by atoms with Gasteiger partial charge in [0.05, 0.1) is 12.1 Å². The van der Waals surface area contributed by atoms with E-state index in [4.69, 9.17) is 14.2 Å². The van der Waals surface area contributed by atoms with Gasteiger partial charge in [-0.25, -0.2) is 4.79 Å². The minimum absolute atomic E-state index is 0.0397. The van der Waals surface area contributed by atoms with Crippen molar-refractivity contribution in [1.82, 2.24) is 5.32 Å². The predicted octanol–water partition coefficient (Wildman–Crippen LogP) is 1.64. The number of ketones is 2. The Balaban J connectivity index is 2.31. The van der Waals surface area contributed by atoms with Crippen LogP contribution < -0.4 is 5.32 Å². The maximum Gasteiger partial charge on any atom is 0.408 e. The predicted molar refractivity (Wildman–Crippen MR) is 94.9 cm³/mol. The van der Waals surface area contributed by atoms with E-state index in [1.165, 1.54) is 6.92 Å². The summed E-state index contributed by atoms with van der Waals surface area (Å²) in [5, 5.41) is 2.67. The molecule has 2 rings (SSSR count). The molecule has 1 N–H and O–H groups in total. The van der Waals surface area contributed by atoms with E-state index in [0.717, 1.165) is 0 Å². The van der Waals surface area contributed by atoms with E-state index in [-0.39, 0.29) is 36.6 Å². The molecular formula is C19H29NO7. The molecule has 0 bridgehead atoms. The van der Waals surface area contributed by atoms with Gasteiger partial charge in [0, 0.05) is 25.4 Å². The Hall–Kier alpha value is -1.96. The van der Waals surface area contributed by atoms with Gasteiger partial charge in [0.25, 0.3) is 0 Å². The smallest absolute Gasteiger partial charge is 0.408 e. The largest absolute Gasteiger partial charge is 0.461 e. The number of hydrogen-bond acceptors (Lipinski definition) is 7. The van der Waals surface area contributed by atoms with Gasteiger partial charge in [-0.2, -0.15) is 0 Å². The first-order chi connectivity index (χ1) is 12.6. The fourth-order valence-electron chi connectivity index (χ4n) is 3.80. The number of methoxy groups -OCH3 is 1. The molecule has 0 spiro atoms. The average Bonchev–Trinajstić information content (AvgIpc) is 2.94. The van der Waals surface area contributed by atoms with Crippen LogP contribution in [0.25, 0.3) is 0 Å². The van der Waals surface area contributed by atoms with E-state index in [9.17, 15) is 19.2 Å². The molecule has 0 aliphatic carbocycles. The summed E-state index contributed by atoms with van der Waals surface area (Å²) in [5.74, 6) is -2.70. The number of ether oxygens (including phenoxy) is 3. The lowest BCUT2D eigenvalue weighted by Gasteiger charge is -2.33. The molecule has 0 aromatic heterocycles. The van der Waals surface area contributed by atoms with Crippen LogP contribution in [-0.4, -0.2) is 55.1 Å². The summed E-state index contributed by atoms with van der Waals surface area (Å²) in [4.78, 5) is 49.3. The zero-order valence-corrected chi connectivity index (χ0v) is 16.6. The number of esters is 1. The number of carbonyl (C=O) groups excluding carboxylic acids is 4. The molecule has 2 aliphatic rings. The van der Waals surface area contributed by atoms with E-state index < -0.39 is 35.5 Å². The van der Waals surface area contributed by atoms with Crippen molar-refractivity contribution in [3.63, 3.8) is 0 Å². The van der Waals surface area contributed by atoms with Gasteiger partial charge in [-0.1, -0.05) is 13.8 Å². The quantitative estimate of drug-likeness (QED) is 0.542. The van der Waals surface area contributed by atoms with Crippen molar-refractivity contribution in [2.24, 2.45) is 17.8 Å². The zero-order valence-electron chi connectivity index (χ0n) is 16.6. The molecule has 4 unspecified atom stereocenters. The lowest BCUT2D eigenvalue weighted by atomic mass is 9.80. The number of cyclic esters (lactones) is 1. The summed E-state index contributed by atoms with van der Waals surface area (Å²) in [6, 6.07) is -0.636. The molecule has 0 saturated carbocycles. The first-order valence-corrected chi connectivity index (χ1v) is 9.34. The summed E-state index contributed by atoms with van der Waals surface area (Å²) >= 11 is 0. The first-order valence-electron chi connectivity index (χ1n) is 9.34. The number of fused-ring (bicyclic) bond motifs is 1. The van der Waals surface area contributed by atoms with Gasteiger partial charge in [0.1, 0.15) is 24.1 Å². The minimum atomic E-state index is -1.19. The third-order valence-corrected chi connectivity index (χ3v) is 5.69. The van der Waals surface area contributed by atoms with Crippen molar-refractivity contribution in [2.75, 3.05) is 13.7 Å². The molecular weight excluding hydrogens is 354 g/mol. The number of nitrogens with one attached hydrogen (secondary N) is 1. The van der Waals surface area contributed by atoms with Crippen LogP contribution >= 0.6 is 0 Å². The maximum absolute atomic E-state index is 12.9. The van der Waals surface area contributed by atoms with Crippen LogP contribution in [0.1, 0.15) is 47.0 Å². The van der Waals surface area contributed by atoms with Gasteiger partial charge in [-0.3, -0.25) is 14.4 Å². The molecule has 0 aromatic rings. The number of rotatable bonds is 1. The Morgan fingerprint density at radius 1 is 1.15 bits per heavy atom. The van der Waals surface area contributed by atoms with E-state index >= 15 is 0 Å². The molecule has 0 radical (unpaired) electrons. The van der Waals surface area contributed by atoms with Gasteiger partial charge in [-0.05, 0) is 26.7 Å². The third kappa shape index (κ3) is 4.66. The lowest BCUT2D eigenvalue weighted by molar-refractivity contribution is -0.157. The standard InChI is InChI=1S/C19H29NO7/c1-10-8-13(25-5)6-7-14(21)11(2)17(23)26-9-19(4)16(12(3)15(10)22)20-18(24)27-19/h10-13,16H,6-9H2,1-5H3,(H,20,24)/t10-,11?,12?,13?,16?,19-/m1/s1. The summed E-state index contributed by atoms with van der Waals surface area (Å²) in [5.41, 5.74) is -1.19. The second kappa shape index (κ2) is 8.37. The number of carbonyl (C=O) groups is 4. The first kappa shape index (κ1) is 21.3. The van der Waals surface area contributed by atoms with Crippen molar-refractivity contribution >= 4 is 23.6 Å². The molecule has 27 heavy (non-hydrogen) atoms. The van der Waals surface area contributed by atoms with Crippen molar-refractivity contribution in [3.05, 3.63) is 0 Å². The zero-order chi connectivity index (χ0) is 20.4. The summed E-state index contributed by atoms with van der Waals surface area (Å²) < 4.78 is 16.0. The Bertz CT molecular complexity index is 619. The monoisotopic (exact) mass is 383 g/mol. The van der Waals surface area contributed by atoms with Gasteiger partial charge >= 0.3 is 12.1 Å². The Morgan fingerprint density at radius 2 is 1.81 bits per heavy atom. The van der Waals surface area contributed by atoms with E-state index in [1.807, 2.05) is 6.92 Å². The van der Waals surface area contributed by atoms with Crippen LogP contribution in [0.4, 0.5) is 4.79 Å². The van der Waals surface area contributed by atoms with Crippen LogP contribution in [0.3, 0.4) is 0 Å². The molecule has 8 heteroatoms. The number of amides is 1. The lowest BCUT2D eigenvalue weighted by Crippen LogP contribution is -2.52. The topological polar surface area (TPSA) is 108 Å². The highest BCUT2D eigenvalue weighted by Crippen LogP contribution is 2.31. The molecule has 152 valence electrons. The Kier molecular flexibility index (Phi) is 6.62. The van der Waals surface area contributed by atoms with Crippen LogP contribution in [0.15, 0.2) is 0 Å². The molecule has 2 heterocycles. The normalized spacial score (nSPS) is 39.1. The molecule has 2 aliphatic heterocycles. The maximum atomic E-state index is 12.9. The SMILES string of the molecule is COC1CCC(=O)C(C)C(=O)OC[C@@]2(C)OC(=O)NC2C(C)C(=O)[C@H](C)C1. The second-order valence-corrected chi connectivity index (χ2v) is 7.84. The van der Waals surface area contributed by atoms with E-state index in [2.05, 4.69) is 5.32 Å². The fourth-order valence-corrected chi connectivity index (χ4v) is 3.80. The molecule has 6 atom stereocenters. The fraction of sp³-hybridized carbons (Fsp3) is 0.789. The number of alkyl carbamates (subject to hydrolysis) is 1. The highest BCUT2D eigenvalue weighted by Gasteiger charge is 2.51. The summed E-state index contributed by atoms with van der Waals surface area (Å²) in [6.07, 6.45) is 0.132. The summed E-state index contributed by atoms with van der Waals surface area (Å²) in [6.45, 7) is 6.45. The van der Waals surface area contributed by atoms with Gasteiger partial charge < -0.3 is 19.5 Å². The Morgan fingerprint density at radius 3 is 2.44 bits per heavy atom. The van der Waals surface area contributed by atoms with E-state index in [0.29, 0.717) is 12.8 Å². The highest BCUT2D eigenvalue weighted by atomic mass is 16.6. The molecule has 2 fully saturated rings. The molecule has 0 aromatic carbocycles. The minimum Gasteiger partial charge on any atom is -0.461 e. The van der Waals surface area contributed by atoms with Crippen LogP contribution in [0, 0.1) is 17.8 Å². The second-order valence-electron chi connectivity index (χ2n) is 7.84. The van der Waals surface area contributed by atoms with Crippen LogP contribution in [0.2, 0.25) is 0 Å². The van der Waals surface area contributed by atoms with Crippen molar-refractivity contribution in [3.8, 4) is 0 Å². The molecule has 8 nitrogen and oxygen atoms in total. The highest BCUT2D eigenvalue weighted by molar-refractivity contribution is 5.98. The van der Waals surface area contributed by atoms with Crippen molar-refractivity contribution in [2.45, 2.75) is 64.7 Å². The number of Topliss-reactive ketones (excluding diaryl/α,β-unsaturated/α-hetero) is 2. The average molecular weight is 383 g/mol. The van der Waals surface area contributed by atoms with Crippen molar-refractivity contribution in [1.29, 1.82) is 0 Å². The van der Waals surface area contributed by atoms with E-state index in [1.54, 1.807) is 21.0 Å². The van der Waals surface area contributed by atoms with Crippen LogP contribution in [-0.2, 0) is 28.6 Å². The third-order valence-electron chi connectivity index (χ3n) is 5.69. The number of hydrogen-bond donors (Lipinski definition) is 1. The van der Waals surface area contributed by atoms with Gasteiger partial charge in [-0.15, -0.1) is 0 Å². The molecule has 2 saturated heterocycles. The molecule has 1 amide bonds.